The van der Waals surface area contributed by atoms with Gasteiger partial charge in [-0.1, -0.05) is 12.1 Å². The Labute approximate surface area is 203 Å². The molecule has 9 heteroatoms. The lowest BCUT2D eigenvalue weighted by Crippen LogP contribution is -2.38. The lowest BCUT2D eigenvalue weighted by atomic mass is 10.1. The monoisotopic (exact) mass is 548 g/mol. The van der Waals surface area contributed by atoms with Crippen molar-refractivity contribution in [3.8, 4) is 0 Å². The molecule has 3 N–H and O–H groups in total. The van der Waals surface area contributed by atoms with Crippen molar-refractivity contribution in [1.82, 2.24) is 10.6 Å². The highest BCUT2D eigenvalue weighted by atomic mass is 127. The number of aliphatic imine (C=N–C) groups is 1. The van der Waals surface area contributed by atoms with Crippen LogP contribution in [0.25, 0.3) is 0 Å². The number of hydrogen-bond donors (Lipinski definition) is 3. The predicted octanol–water partition coefficient (Wildman–Crippen LogP) is 4.09. The molecule has 8 nitrogen and oxygen atoms in total. The second-order valence-corrected chi connectivity index (χ2v) is 7.67. The number of hydrogen-bond acceptors (Lipinski definition) is 5. The molecule has 0 fully saturated rings. The molecule has 0 aromatic heterocycles. The molecule has 1 rings (SSSR count). The van der Waals surface area contributed by atoms with Crippen molar-refractivity contribution in [2.75, 3.05) is 31.6 Å². The molecule has 1 aromatic carbocycles. The molecule has 0 heterocycles. The molecule has 0 saturated heterocycles. The minimum atomic E-state index is -0.527. The number of carbonyl (C=O) groups is 2. The lowest BCUT2D eigenvalue weighted by Gasteiger charge is -2.19. The Bertz CT molecular complexity index is 688. The zero-order chi connectivity index (χ0) is 22.4. The van der Waals surface area contributed by atoms with Crippen molar-refractivity contribution in [1.29, 1.82) is 0 Å². The van der Waals surface area contributed by atoms with Crippen LogP contribution in [-0.4, -0.2) is 49.9 Å². The van der Waals surface area contributed by atoms with Gasteiger partial charge >= 0.3 is 12.1 Å². The summed E-state index contributed by atoms with van der Waals surface area (Å²) >= 11 is 0. The number of benzene rings is 1. The Morgan fingerprint density at radius 1 is 1.06 bits per heavy atom. The number of anilines is 1. The third-order valence-corrected chi connectivity index (χ3v) is 3.76. The van der Waals surface area contributed by atoms with E-state index >= 15 is 0 Å². The van der Waals surface area contributed by atoms with Crippen LogP contribution >= 0.6 is 24.0 Å². The van der Waals surface area contributed by atoms with E-state index in [9.17, 15) is 9.59 Å². The molecule has 0 unspecified atom stereocenters. The van der Waals surface area contributed by atoms with E-state index in [0.29, 0.717) is 38.2 Å². The Morgan fingerprint density at radius 3 is 2.32 bits per heavy atom. The summed E-state index contributed by atoms with van der Waals surface area (Å²) in [5.74, 6) is 0.542. The van der Waals surface area contributed by atoms with Gasteiger partial charge in [-0.3, -0.25) is 15.1 Å². The number of nitrogens with zero attached hydrogens (tertiary/aromatic N) is 1. The van der Waals surface area contributed by atoms with Crippen LogP contribution < -0.4 is 16.0 Å². The van der Waals surface area contributed by atoms with E-state index in [0.717, 1.165) is 24.5 Å². The third-order valence-electron chi connectivity index (χ3n) is 3.76. The first-order valence-corrected chi connectivity index (χ1v) is 10.5. The molecule has 0 aliphatic carbocycles. The van der Waals surface area contributed by atoms with Gasteiger partial charge in [0.05, 0.1) is 6.61 Å². The second-order valence-electron chi connectivity index (χ2n) is 7.67. The number of amides is 1. The highest BCUT2D eigenvalue weighted by Gasteiger charge is 2.16. The average molecular weight is 548 g/mol. The molecule has 31 heavy (non-hydrogen) atoms. The summed E-state index contributed by atoms with van der Waals surface area (Å²) in [5, 5.41) is 9.20. The largest absolute Gasteiger partial charge is 0.466 e. The topological polar surface area (TPSA) is 101 Å². The van der Waals surface area contributed by atoms with Crippen LogP contribution in [0.4, 0.5) is 10.5 Å². The van der Waals surface area contributed by atoms with Gasteiger partial charge in [0.1, 0.15) is 5.60 Å². The van der Waals surface area contributed by atoms with Gasteiger partial charge in [0.2, 0.25) is 0 Å². The lowest BCUT2D eigenvalue weighted by molar-refractivity contribution is -0.143. The number of esters is 1. The average Bonchev–Trinajstić information content (AvgIpc) is 2.65. The van der Waals surface area contributed by atoms with E-state index in [-0.39, 0.29) is 29.9 Å². The normalized spacial score (nSPS) is 11.2. The van der Waals surface area contributed by atoms with Gasteiger partial charge in [-0.25, -0.2) is 4.79 Å². The fourth-order valence-corrected chi connectivity index (χ4v) is 2.49. The van der Waals surface area contributed by atoms with E-state index in [2.05, 4.69) is 20.9 Å². The molecule has 0 radical (unpaired) electrons. The van der Waals surface area contributed by atoms with Crippen molar-refractivity contribution < 1.29 is 19.1 Å². The van der Waals surface area contributed by atoms with Gasteiger partial charge in [-0.15, -0.1) is 24.0 Å². The van der Waals surface area contributed by atoms with Gasteiger partial charge in [-0.05, 0) is 65.2 Å². The summed E-state index contributed by atoms with van der Waals surface area (Å²) in [4.78, 5) is 27.6. The van der Waals surface area contributed by atoms with Gasteiger partial charge in [0.15, 0.2) is 5.96 Å². The number of nitrogens with one attached hydrogen (secondary N) is 3. The number of halogens is 1. The van der Waals surface area contributed by atoms with E-state index in [1.165, 1.54) is 0 Å². The maximum atomic E-state index is 11.8. The van der Waals surface area contributed by atoms with Gasteiger partial charge in [0, 0.05) is 31.7 Å². The first-order chi connectivity index (χ1) is 14.2. The minimum Gasteiger partial charge on any atom is -0.466 e. The van der Waals surface area contributed by atoms with Crippen LogP contribution in [-0.2, 0) is 20.7 Å². The van der Waals surface area contributed by atoms with Crippen LogP contribution in [0.2, 0.25) is 0 Å². The molecule has 0 aliphatic heterocycles. The van der Waals surface area contributed by atoms with E-state index in [4.69, 9.17) is 9.47 Å². The fourth-order valence-electron chi connectivity index (χ4n) is 2.49. The molecule has 0 aliphatic rings. The first kappa shape index (κ1) is 29.0. The summed E-state index contributed by atoms with van der Waals surface area (Å²) in [7, 11) is 0. The number of rotatable bonds is 10. The molecule has 1 aromatic rings. The smallest absolute Gasteiger partial charge is 0.412 e. The quantitative estimate of drug-likeness (QED) is 0.134. The van der Waals surface area contributed by atoms with Gasteiger partial charge in [-0.2, -0.15) is 0 Å². The highest BCUT2D eigenvalue weighted by molar-refractivity contribution is 14.0. The Morgan fingerprint density at radius 2 is 1.74 bits per heavy atom. The van der Waals surface area contributed by atoms with Crippen LogP contribution in [0, 0.1) is 0 Å². The Balaban J connectivity index is 0.00000900. The summed E-state index contributed by atoms with van der Waals surface area (Å²) < 4.78 is 10.2. The summed E-state index contributed by atoms with van der Waals surface area (Å²) in [6, 6.07) is 7.65. The van der Waals surface area contributed by atoms with Crippen molar-refractivity contribution in [2.45, 2.75) is 59.5 Å². The predicted molar refractivity (Wildman–Crippen MR) is 135 cm³/mol. The molecule has 0 spiro atoms. The van der Waals surface area contributed by atoms with Crippen molar-refractivity contribution in [3.63, 3.8) is 0 Å². The SMILES string of the molecule is CCNC(=NCCCC(=O)OCC)NCCc1ccc(NC(=O)OC(C)(C)C)cc1.I. The maximum absolute atomic E-state index is 11.8. The Hall–Kier alpha value is -2.04. The number of ether oxygens (including phenoxy) is 2. The first-order valence-electron chi connectivity index (χ1n) is 10.5. The van der Waals surface area contributed by atoms with Crippen LogP contribution in [0.1, 0.15) is 53.0 Å². The Kier molecular flexibility index (Phi) is 14.7. The summed E-state index contributed by atoms with van der Waals surface area (Å²) in [6.07, 6.45) is 1.37. The molecular formula is C22H37IN4O4. The van der Waals surface area contributed by atoms with E-state index in [1.54, 1.807) is 6.92 Å². The summed E-state index contributed by atoms with van der Waals surface area (Å²) in [5.41, 5.74) is 1.30. The van der Waals surface area contributed by atoms with E-state index in [1.807, 2.05) is 52.0 Å². The van der Waals surface area contributed by atoms with Crippen molar-refractivity contribution in [3.05, 3.63) is 29.8 Å². The summed E-state index contributed by atoms with van der Waals surface area (Å²) in [6.45, 7) is 11.7. The zero-order valence-electron chi connectivity index (χ0n) is 19.2. The maximum Gasteiger partial charge on any atom is 0.412 e. The van der Waals surface area contributed by atoms with Crippen LogP contribution in [0.15, 0.2) is 29.3 Å². The van der Waals surface area contributed by atoms with Gasteiger partial charge in [0.25, 0.3) is 0 Å². The van der Waals surface area contributed by atoms with Crippen molar-refractivity contribution >= 4 is 47.7 Å². The minimum absolute atomic E-state index is 0. The molecular weight excluding hydrogens is 511 g/mol. The fraction of sp³-hybridized carbons (Fsp3) is 0.591. The van der Waals surface area contributed by atoms with Crippen molar-refractivity contribution in [2.24, 2.45) is 4.99 Å². The highest BCUT2D eigenvalue weighted by Crippen LogP contribution is 2.13. The second kappa shape index (κ2) is 15.7. The molecule has 0 bridgehead atoms. The standard InChI is InChI=1S/C22H36N4O4.HI/c1-6-23-20(24-15-8-9-19(27)29-7-2)25-16-14-17-10-12-18(13-11-17)26-21(28)30-22(3,4)5;/h10-13H,6-9,14-16H2,1-5H3,(H,26,28)(H2,23,24,25);1H. The third kappa shape index (κ3) is 14.6. The zero-order valence-corrected chi connectivity index (χ0v) is 21.6. The van der Waals surface area contributed by atoms with E-state index < -0.39 is 11.7 Å². The number of carbonyl (C=O) groups excluding carboxylic acids is 2. The van der Waals surface area contributed by atoms with Crippen LogP contribution in [0.5, 0.6) is 0 Å². The van der Waals surface area contributed by atoms with Gasteiger partial charge < -0.3 is 20.1 Å². The molecule has 176 valence electrons. The molecule has 1 amide bonds. The molecule has 0 saturated carbocycles. The van der Waals surface area contributed by atoms with Crippen LogP contribution in [0.3, 0.4) is 0 Å². The molecule has 0 atom stereocenters. The number of guanidine groups is 1.